The largest absolute Gasteiger partial charge is 0.481 e. The van der Waals surface area contributed by atoms with Gasteiger partial charge in [-0.05, 0) is 6.42 Å². The van der Waals surface area contributed by atoms with Gasteiger partial charge in [0.25, 0.3) is 0 Å². The minimum Gasteiger partial charge on any atom is -0.481 e. The molecule has 112 valence electrons. The van der Waals surface area contributed by atoms with Crippen molar-refractivity contribution in [2.24, 2.45) is 5.92 Å². The molecule has 8 heteroatoms. The Kier molecular flexibility index (Phi) is 4.69. The molecule has 2 fully saturated rings. The molecule has 7 nitrogen and oxygen atoms in total. The van der Waals surface area contributed by atoms with Gasteiger partial charge in [-0.1, -0.05) is 0 Å². The van der Waals surface area contributed by atoms with E-state index in [1.54, 1.807) is 9.80 Å². The zero-order valence-corrected chi connectivity index (χ0v) is 11.8. The number of alkyl halides is 1. The number of hydrogen-bond donors (Lipinski definition) is 2. The van der Waals surface area contributed by atoms with E-state index in [2.05, 4.69) is 5.32 Å². The van der Waals surface area contributed by atoms with Gasteiger partial charge in [0.1, 0.15) is 0 Å². The molecule has 2 rings (SSSR count). The van der Waals surface area contributed by atoms with Gasteiger partial charge in [-0.2, -0.15) is 0 Å². The lowest BCUT2D eigenvalue weighted by Gasteiger charge is -2.24. The molecule has 0 spiro atoms. The number of rotatable bonds is 4. The number of amides is 3. The minimum absolute atomic E-state index is 0.0598. The number of hydrogen-bond acceptors (Lipinski definition) is 3. The van der Waals surface area contributed by atoms with Gasteiger partial charge < -0.3 is 20.2 Å². The summed E-state index contributed by atoms with van der Waals surface area (Å²) >= 11 is 5.51. The molecule has 0 bridgehead atoms. The normalized spacial score (nSPS) is 26.1. The van der Waals surface area contributed by atoms with Crippen LogP contribution in [0.2, 0.25) is 0 Å². The summed E-state index contributed by atoms with van der Waals surface area (Å²) in [4.78, 5) is 37.8. The van der Waals surface area contributed by atoms with Crippen LogP contribution >= 0.6 is 11.6 Å². The second kappa shape index (κ2) is 6.30. The number of nitrogens with zero attached hydrogens (tertiary/aromatic N) is 2. The number of carboxylic acid groups (broad SMARTS) is 1. The van der Waals surface area contributed by atoms with Crippen LogP contribution in [0.3, 0.4) is 0 Å². The average molecular weight is 304 g/mol. The molecule has 2 saturated heterocycles. The summed E-state index contributed by atoms with van der Waals surface area (Å²) in [6.45, 7) is 1.67. The van der Waals surface area contributed by atoms with Crippen molar-refractivity contribution in [3.8, 4) is 0 Å². The number of aliphatic carboxylic acids is 1. The summed E-state index contributed by atoms with van der Waals surface area (Å²) < 4.78 is 0. The third kappa shape index (κ3) is 3.15. The van der Waals surface area contributed by atoms with Crippen molar-refractivity contribution in [2.75, 3.05) is 32.1 Å². The molecule has 2 N–H and O–H groups in total. The lowest BCUT2D eigenvalue weighted by Crippen LogP contribution is -2.43. The summed E-state index contributed by atoms with van der Waals surface area (Å²) in [6.07, 6.45) is 0.747. The van der Waals surface area contributed by atoms with E-state index in [4.69, 9.17) is 16.7 Å². The first-order valence-electron chi connectivity index (χ1n) is 6.64. The number of carbonyl (C=O) groups is 3. The van der Waals surface area contributed by atoms with Gasteiger partial charge in [-0.3, -0.25) is 9.59 Å². The van der Waals surface area contributed by atoms with Crippen LogP contribution in [0, 0.1) is 5.92 Å². The molecule has 3 amide bonds. The maximum Gasteiger partial charge on any atom is 0.317 e. The first kappa shape index (κ1) is 14.9. The molecule has 0 aromatic heterocycles. The summed E-state index contributed by atoms with van der Waals surface area (Å²) in [5.41, 5.74) is 0. The van der Waals surface area contributed by atoms with Gasteiger partial charge >= 0.3 is 12.0 Å². The highest BCUT2D eigenvalue weighted by atomic mass is 35.5. The average Bonchev–Trinajstić information content (AvgIpc) is 3.02. The van der Waals surface area contributed by atoms with Crippen LogP contribution in [0.5, 0.6) is 0 Å². The first-order valence-corrected chi connectivity index (χ1v) is 7.17. The third-order valence-electron chi connectivity index (χ3n) is 3.77. The van der Waals surface area contributed by atoms with Crippen molar-refractivity contribution in [1.29, 1.82) is 0 Å². The van der Waals surface area contributed by atoms with Gasteiger partial charge in [0, 0.05) is 38.5 Å². The van der Waals surface area contributed by atoms with Gasteiger partial charge in [-0.15, -0.1) is 11.6 Å². The molecular formula is C12H18ClN3O4. The predicted octanol–water partition coefficient (Wildman–Crippen LogP) is -0.0578. The molecule has 0 aliphatic carbocycles. The minimum atomic E-state index is -0.935. The Hall–Kier alpha value is -1.50. The molecule has 0 radical (unpaired) electrons. The highest BCUT2D eigenvalue weighted by molar-refractivity contribution is 6.18. The molecule has 2 atom stereocenters. The van der Waals surface area contributed by atoms with Crippen LogP contribution < -0.4 is 5.32 Å². The summed E-state index contributed by atoms with van der Waals surface area (Å²) in [7, 11) is 0. The SMILES string of the molecule is O=C(O)C1CC(=O)N(C2CCN(C(=O)NCCCl)C2)C1. The Balaban J connectivity index is 1.88. The van der Waals surface area contributed by atoms with Crippen LogP contribution in [0.4, 0.5) is 4.79 Å². The van der Waals surface area contributed by atoms with Crippen LogP contribution in [0.1, 0.15) is 12.8 Å². The Bertz CT molecular complexity index is 418. The van der Waals surface area contributed by atoms with Crippen molar-refractivity contribution in [2.45, 2.75) is 18.9 Å². The highest BCUT2D eigenvalue weighted by Gasteiger charge is 2.40. The van der Waals surface area contributed by atoms with Gasteiger partial charge in [0.2, 0.25) is 5.91 Å². The number of nitrogens with one attached hydrogen (secondary N) is 1. The van der Waals surface area contributed by atoms with E-state index in [0.717, 1.165) is 0 Å². The summed E-state index contributed by atoms with van der Waals surface area (Å²) in [5.74, 6) is -1.34. The highest BCUT2D eigenvalue weighted by Crippen LogP contribution is 2.25. The fourth-order valence-electron chi connectivity index (χ4n) is 2.70. The molecule has 2 heterocycles. The lowest BCUT2D eigenvalue weighted by atomic mass is 10.1. The molecule has 20 heavy (non-hydrogen) atoms. The van der Waals surface area contributed by atoms with Crippen LogP contribution in [-0.4, -0.2) is 70.9 Å². The Labute approximate surface area is 121 Å². The Morgan fingerprint density at radius 3 is 2.75 bits per heavy atom. The van der Waals surface area contributed by atoms with Crippen LogP contribution in [0.15, 0.2) is 0 Å². The fourth-order valence-corrected chi connectivity index (χ4v) is 2.79. The molecule has 2 aliphatic rings. The van der Waals surface area contributed by atoms with Crippen molar-refractivity contribution in [3.05, 3.63) is 0 Å². The maximum atomic E-state index is 11.9. The van der Waals surface area contributed by atoms with E-state index in [0.29, 0.717) is 31.9 Å². The molecule has 0 saturated carbocycles. The van der Waals surface area contributed by atoms with Crippen molar-refractivity contribution in [3.63, 3.8) is 0 Å². The molecule has 0 aromatic rings. The van der Waals surface area contributed by atoms with E-state index in [1.807, 2.05) is 0 Å². The molecule has 0 aromatic carbocycles. The van der Waals surface area contributed by atoms with Gasteiger partial charge in [0.05, 0.1) is 12.0 Å². The van der Waals surface area contributed by atoms with E-state index in [-0.39, 0.29) is 30.9 Å². The number of urea groups is 1. The molecule has 2 unspecified atom stereocenters. The second-order valence-electron chi connectivity index (χ2n) is 5.09. The Morgan fingerprint density at radius 2 is 2.15 bits per heavy atom. The van der Waals surface area contributed by atoms with E-state index < -0.39 is 11.9 Å². The monoisotopic (exact) mass is 303 g/mol. The lowest BCUT2D eigenvalue weighted by molar-refractivity contribution is -0.141. The standard InChI is InChI=1S/C12H18ClN3O4/c13-2-3-14-12(20)15-4-1-9(7-15)16-6-8(11(18)19)5-10(16)17/h8-9H,1-7H2,(H,14,20)(H,18,19). The zero-order valence-electron chi connectivity index (χ0n) is 11.0. The van der Waals surface area contributed by atoms with Crippen molar-refractivity contribution < 1.29 is 19.5 Å². The number of likely N-dealkylation sites (tertiary alicyclic amines) is 2. The van der Waals surface area contributed by atoms with Crippen LogP contribution in [0.25, 0.3) is 0 Å². The fraction of sp³-hybridized carbons (Fsp3) is 0.750. The second-order valence-corrected chi connectivity index (χ2v) is 5.47. The predicted molar refractivity (Wildman–Crippen MR) is 71.6 cm³/mol. The van der Waals surface area contributed by atoms with E-state index >= 15 is 0 Å². The molecular weight excluding hydrogens is 286 g/mol. The maximum absolute atomic E-state index is 11.9. The smallest absolute Gasteiger partial charge is 0.317 e. The Morgan fingerprint density at radius 1 is 1.40 bits per heavy atom. The van der Waals surface area contributed by atoms with E-state index in [1.165, 1.54) is 0 Å². The van der Waals surface area contributed by atoms with Gasteiger partial charge in [0.15, 0.2) is 0 Å². The summed E-state index contributed by atoms with van der Waals surface area (Å²) in [5, 5.41) is 11.6. The zero-order chi connectivity index (χ0) is 14.7. The quantitative estimate of drug-likeness (QED) is 0.712. The number of carbonyl (C=O) groups excluding carboxylic acids is 2. The molecule has 2 aliphatic heterocycles. The first-order chi connectivity index (χ1) is 9.52. The van der Waals surface area contributed by atoms with Crippen LogP contribution in [-0.2, 0) is 9.59 Å². The topological polar surface area (TPSA) is 90.0 Å². The summed E-state index contributed by atoms with van der Waals surface area (Å²) in [6, 6.07) is -0.261. The van der Waals surface area contributed by atoms with Crippen molar-refractivity contribution in [1.82, 2.24) is 15.1 Å². The number of halogens is 1. The van der Waals surface area contributed by atoms with Crippen molar-refractivity contribution >= 4 is 29.5 Å². The van der Waals surface area contributed by atoms with E-state index in [9.17, 15) is 14.4 Å². The number of carboxylic acids is 1. The third-order valence-corrected chi connectivity index (χ3v) is 3.96. The van der Waals surface area contributed by atoms with Gasteiger partial charge in [-0.25, -0.2) is 4.79 Å².